The molecule has 0 saturated carbocycles. The smallest absolute Gasteiger partial charge is 0.183 e. The average molecular weight is 198 g/mol. The number of anilines is 1. The minimum Gasteiger partial charge on any atom is -0.359 e. The molecule has 0 aliphatic heterocycles. The van der Waals surface area contributed by atoms with Crippen molar-refractivity contribution in [2.75, 3.05) is 5.32 Å². The van der Waals surface area contributed by atoms with Gasteiger partial charge in [0, 0.05) is 11.4 Å². The Hall–Kier alpha value is -0.570. The van der Waals surface area contributed by atoms with Gasteiger partial charge in [-0.2, -0.15) is 0 Å². The van der Waals surface area contributed by atoms with Crippen molar-refractivity contribution in [3.63, 3.8) is 0 Å². The van der Waals surface area contributed by atoms with Gasteiger partial charge in [0.2, 0.25) is 0 Å². The lowest BCUT2D eigenvalue weighted by Crippen LogP contribution is -2.24. The van der Waals surface area contributed by atoms with Crippen LogP contribution in [0.25, 0.3) is 0 Å². The Morgan fingerprint density at radius 2 is 2.23 bits per heavy atom. The Morgan fingerprint density at radius 3 is 2.62 bits per heavy atom. The molecule has 0 fully saturated rings. The molecule has 0 spiro atoms. The number of rotatable bonds is 4. The summed E-state index contributed by atoms with van der Waals surface area (Å²) in [5.41, 5.74) is 1.10. The maximum absolute atomic E-state index is 4.39. The highest BCUT2D eigenvalue weighted by Gasteiger charge is 2.11. The van der Waals surface area contributed by atoms with Gasteiger partial charge in [0.15, 0.2) is 5.13 Å². The molecular weight excluding hydrogens is 180 g/mol. The van der Waals surface area contributed by atoms with Crippen molar-refractivity contribution in [2.24, 2.45) is 5.92 Å². The maximum Gasteiger partial charge on any atom is 0.183 e. The fraction of sp³-hybridized carbons (Fsp3) is 0.700. The summed E-state index contributed by atoms with van der Waals surface area (Å²) in [6.07, 6.45) is 1.15. The molecule has 0 amide bonds. The van der Waals surface area contributed by atoms with Gasteiger partial charge >= 0.3 is 0 Å². The molecule has 1 heterocycles. The van der Waals surface area contributed by atoms with Crippen LogP contribution in [-0.2, 0) is 0 Å². The van der Waals surface area contributed by atoms with Crippen LogP contribution in [0.1, 0.15) is 32.9 Å². The molecule has 1 rings (SSSR count). The molecular formula is C10H18N2S. The monoisotopic (exact) mass is 198 g/mol. The van der Waals surface area contributed by atoms with Crippen LogP contribution in [0.4, 0.5) is 5.13 Å². The number of aryl methyl sites for hydroxylation is 1. The molecule has 74 valence electrons. The zero-order chi connectivity index (χ0) is 9.84. The lowest BCUT2D eigenvalue weighted by molar-refractivity contribution is 0.511. The number of nitrogens with zero attached hydrogens (tertiary/aromatic N) is 1. The quantitative estimate of drug-likeness (QED) is 0.803. The normalized spacial score (nSPS) is 13.3. The standard InChI is InChI=1S/C10H18N2S/c1-5-9(7(2)3)12-10-11-8(4)6-13-10/h6-7,9H,5H2,1-4H3,(H,11,12). The molecule has 0 aromatic carbocycles. The van der Waals surface area contributed by atoms with Gasteiger partial charge in [-0.1, -0.05) is 20.8 Å². The summed E-state index contributed by atoms with van der Waals surface area (Å²) in [6, 6.07) is 0.547. The van der Waals surface area contributed by atoms with Gasteiger partial charge < -0.3 is 5.32 Å². The van der Waals surface area contributed by atoms with Crippen molar-refractivity contribution in [3.8, 4) is 0 Å². The van der Waals surface area contributed by atoms with E-state index in [1.807, 2.05) is 6.92 Å². The zero-order valence-corrected chi connectivity index (χ0v) is 9.61. The summed E-state index contributed by atoms with van der Waals surface area (Å²) < 4.78 is 0. The summed E-state index contributed by atoms with van der Waals surface area (Å²) in [5, 5.41) is 6.59. The summed E-state index contributed by atoms with van der Waals surface area (Å²) in [4.78, 5) is 4.39. The second kappa shape index (κ2) is 4.61. The van der Waals surface area contributed by atoms with Crippen LogP contribution >= 0.6 is 11.3 Å². The van der Waals surface area contributed by atoms with Crippen molar-refractivity contribution < 1.29 is 0 Å². The lowest BCUT2D eigenvalue weighted by atomic mass is 10.0. The van der Waals surface area contributed by atoms with E-state index in [-0.39, 0.29) is 0 Å². The fourth-order valence-electron chi connectivity index (χ4n) is 1.32. The summed E-state index contributed by atoms with van der Waals surface area (Å²) in [7, 11) is 0. The first-order valence-corrected chi connectivity index (χ1v) is 5.70. The molecule has 0 bridgehead atoms. The van der Waals surface area contributed by atoms with Gasteiger partial charge in [-0.3, -0.25) is 0 Å². The Bertz CT molecular complexity index is 255. The van der Waals surface area contributed by atoms with Crippen molar-refractivity contribution >= 4 is 16.5 Å². The van der Waals surface area contributed by atoms with Gasteiger partial charge in [-0.15, -0.1) is 11.3 Å². The van der Waals surface area contributed by atoms with E-state index in [1.54, 1.807) is 11.3 Å². The number of nitrogens with one attached hydrogen (secondary N) is 1. The van der Waals surface area contributed by atoms with E-state index >= 15 is 0 Å². The SMILES string of the molecule is CCC(Nc1nc(C)cs1)C(C)C. The summed E-state index contributed by atoms with van der Waals surface area (Å²) in [6.45, 7) is 8.71. The van der Waals surface area contributed by atoms with Crippen LogP contribution in [0.15, 0.2) is 5.38 Å². The van der Waals surface area contributed by atoms with Gasteiger partial charge in [-0.05, 0) is 19.3 Å². The van der Waals surface area contributed by atoms with Crippen LogP contribution in [0.5, 0.6) is 0 Å². The lowest BCUT2D eigenvalue weighted by Gasteiger charge is -2.19. The first kappa shape index (κ1) is 10.5. The largest absolute Gasteiger partial charge is 0.359 e. The molecule has 13 heavy (non-hydrogen) atoms. The van der Waals surface area contributed by atoms with E-state index in [2.05, 4.69) is 36.5 Å². The third-order valence-corrected chi connectivity index (χ3v) is 3.06. The highest BCUT2D eigenvalue weighted by Crippen LogP contribution is 2.18. The fourth-order valence-corrected chi connectivity index (χ4v) is 2.07. The molecule has 0 radical (unpaired) electrons. The Kier molecular flexibility index (Phi) is 3.72. The first-order valence-electron chi connectivity index (χ1n) is 4.82. The second-order valence-corrected chi connectivity index (χ2v) is 4.56. The molecule has 1 aromatic heterocycles. The average Bonchev–Trinajstić information content (AvgIpc) is 2.46. The van der Waals surface area contributed by atoms with E-state index in [0.717, 1.165) is 17.2 Å². The van der Waals surface area contributed by atoms with Gasteiger partial charge in [0.1, 0.15) is 0 Å². The van der Waals surface area contributed by atoms with Crippen LogP contribution < -0.4 is 5.32 Å². The highest BCUT2D eigenvalue weighted by atomic mass is 32.1. The maximum atomic E-state index is 4.39. The Morgan fingerprint density at radius 1 is 1.54 bits per heavy atom. The number of thiazole rings is 1. The van der Waals surface area contributed by atoms with Crippen molar-refractivity contribution in [2.45, 2.75) is 40.2 Å². The van der Waals surface area contributed by atoms with Crippen LogP contribution in [0, 0.1) is 12.8 Å². The second-order valence-electron chi connectivity index (χ2n) is 3.70. The van der Waals surface area contributed by atoms with E-state index < -0.39 is 0 Å². The Balaban J connectivity index is 2.56. The van der Waals surface area contributed by atoms with E-state index in [4.69, 9.17) is 0 Å². The van der Waals surface area contributed by atoms with E-state index in [0.29, 0.717) is 12.0 Å². The molecule has 1 N–H and O–H groups in total. The minimum absolute atomic E-state index is 0.547. The van der Waals surface area contributed by atoms with Crippen LogP contribution in [0.2, 0.25) is 0 Å². The van der Waals surface area contributed by atoms with Gasteiger partial charge in [0.25, 0.3) is 0 Å². The first-order chi connectivity index (χ1) is 6.13. The third-order valence-electron chi connectivity index (χ3n) is 2.17. The van der Waals surface area contributed by atoms with Crippen molar-refractivity contribution in [3.05, 3.63) is 11.1 Å². The third kappa shape index (κ3) is 2.99. The predicted molar refractivity (Wildman–Crippen MR) is 59.4 cm³/mol. The molecule has 1 aromatic rings. The Labute approximate surface area is 84.4 Å². The van der Waals surface area contributed by atoms with E-state index in [9.17, 15) is 0 Å². The molecule has 1 unspecified atom stereocenters. The highest BCUT2D eigenvalue weighted by molar-refractivity contribution is 7.13. The predicted octanol–water partition coefficient (Wildman–Crippen LogP) is 3.30. The number of aromatic nitrogens is 1. The topological polar surface area (TPSA) is 24.9 Å². The van der Waals surface area contributed by atoms with Crippen molar-refractivity contribution in [1.29, 1.82) is 0 Å². The van der Waals surface area contributed by atoms with E-state index in [1.165, 1.54) is 0 Å². The summed E-state index contributed by atoms with van der Waals surface area (Å²) >= 11 is 1.69. The molecule has 2 nitrogen and oxygen atoms in total. The minimum atomic E-state index is 0.547. The van der Waals surface area contributed by atoms with Gasteiger partial charge in [-0.25, -0.2) is 4.98 Å². The van der Waals surface area contributed by atoms with Crippen LogP contribution in [-0.4, -0.2) is 11.0 Å². The molecule has 0 aliphatic rings. The molecule has 3 heteroatoms. The summed E-state index contributed by atoms with van der Waals surface area (Å²) in [5.74, 6) is 0.661. The number of hydrogen-bond acceptors (Lipinski definition) is 3. The molecule has 1 atom stereocenters. The number of hydrogen-bond donors (Lipinski definition) is 1. The van der Waals surface area contributed by atoms with Gasteiger partial charge in [0.05, 0.1) is 5.69 Å². The van der Waals surface area contributed by atoms with Crippen LogP contribution in [0.3, 0.4) is 0 Å². The van der Waals surface area contributed by atoms with Crippen molar-refractivity contribution in [1.82, 2.24) is 4.98 Å². The zero-order valence-electron chi connectivity index (χ0n) is 8.79. The molecule has 0 aliphatic carbocycles. The molecule has 0 saturated heterocycles.